The Hall–Kier alpha value is -2.01. The van der Waals surface area contributed by atoms with Crippen LogP contribution in [0.5, 0.6) is 0 Å². The third kappa shape index (κ3) is 2.56. The molecule has 0 spiro atoms. The summed E-state index contributed by atoms with van der Waals surface area (Å²) in [6.07, 6.45) is 0. The van der Waals surface area contributed by atoms with E-state index in [0.717, 1.165) is 22.6 Å². The summed E-state index contributed by atoms with van der Waals surface area (Å²) in [7, 11) is 0. The van der Waals surface area contributed by atoms with Gasteiger partial charge < -0.3 is 0 Å². The fraction of sp³-hybridized carbons (Fsp3) is 0.231. The van der Waals surface area contributed by atoms with Crippen molar-refractivity contribution in [1.29, 1.82) is 0 Å². The molecule has 0 aliphatic carbocycles. The zero-order chi connectivity index (χ0) is 14.2. The average molecular weight is 280 g/mol. The lowest BCUT2D eigenvalue weighted by Crippen LogP contribution is -2.13. The zero-order valence-corrected chi connectivity index (χ0v) is 11.7. The molecule has 0 aliphatic heterocycles. The highest BCUT2D eigenvalue weighted by molar-refractivity contribution is 6.33. The van der Waals surface area contributed by atoms with Gasteiger partial charge >= 0.3 is 0 Å². The minimum atomic E-state index is -0.481. The molecule has 100 valence electrons. The van der Waals surface area contributed by atoms with E-state index in [-0.39, 0.29) is 10.7 Å². The Bertz CT molecular complexity index is 630. The van der Waals surface area contributed by atoms with E-state index in [2.05, 4.69) is 5.43 Å². The van der Waals surface area contributed by atoms with Crippen LogP contribution in [0.4, 0.5) is 11.4 Å². The van der Waals surface area contributed by atoms with Crippen LogP contribution in [0.15, 0.2) is 24.3 Å². The van der Waals surface area contributed by atoms with Crippen molar-refractivity contribution in [2.75, 3.05) is 5.43 Å². The lowest BCUT2D eigenvalue weighted by Gasteiger charge is -2.15. The van der Waals surface area contributed by atoms with Gasteiger partial charge in [0.25, 0.3) is 5.69 Å². The number of rotatable bonds is 3. The first-order chi connectivity index (χ1) is 8.90. The van der Waals surface area contributed by atoms with E-state index >= 15 is 0 Å². The summed E-state index contributed by atoms with van der Waals surface area (Å²) in [5.41, 5.74) is 6.74. The van der Waals surface area contributed by atoms with Crippen LogP contribution in [0.2, 0.25) is 5.02 Å². The molecule has 6 heteroatoms. The second-order valence-electron chi connectivity index (χ2n) is 4.44. The number of nitro benzene ring substituents is 1. The molecular formula is C13H14ClN3O2. The number of aryl methyl sites for hydroxylation is 3. The largest absolute Gasteiger partial charge is 0.294 e. The lowest BCUT2D eigenvalue weighted by atomic mass is 10.2. The third-order valence-corrected chi connectivity index (χ3v) is 3.30. The van der Waals surface area contributed by atoms with Gasteiger partial charge in [-0.05, 0) is 44.5 Å². The molecule has 0 unspecified atom stereocenters. The number of nitrogens with one attached hydrogen (secondary N) is 1. The quantitative estimate of drug-likeness (QED) is 0.686. The zero-order valence-electron chi connectivity index (χ0n) is 10.9. The second-order valence-corrected chi connectivity index (χ2v) is 4.85. The fourth-order valence-corrected chi connectivity index (χ4v) is 2.12. The first kappa shape index (κ1) is 13.4. The summed E-state index contributed by atoms with van der Waals surface area (Å²) in [5.74, 6) is 0. The predicted molar refractivity (Wildman–Crippen MR) is 75.8 cm³/mol. The molecule has 19 heavy (non-hydrogen) atoms. The number of hydrogen-bond acceptors (Lipinski definition) is 3. The summed E-state index contributed by atoms with van der Waals surface area (Å²) >= 11 is 5.93. The van der Waals surface area contributed by atoms with E-state index in [1.807, 2.05) is 30.7 Å². The molecule has 0 fully saturated rings. The number of hydrogen-bond donors (Lipinski definition) is 1. The topological polar surface area (TPSA) is 60.1 Å². The van der Waals surface area contributed by atoms with Gasteiger partial charge in [-0.1, -0.05) is 11.6 Å². The van der Waals surface area contributed by atoms with Crippen LogP contribution < -0.4 is 5.43 Å². The smallest absolute Gasteiger partial charge is 0.288 e. The van der Waals surface area contributed by atoms with Crippen LogP contribution >= 0.6 is 11.6 Å². The summed E-state index contributed by atoms with van der Waals surface area (Å²) < 4.78 is 1.91. The number of nitro groups is 1. The fourth-order valence-electron chi connectivity index (χ4n) is 1.89. The van der Waals surface area contributed by atoms with Gasteiger partial charge in [0.15, 0.2) is 0 Å². The maximum atomic E-state index is 10.8. The van der Waals surface area contributed by atoms with Crippen LogP contribution in [0, 0.1) is 30.9 Å². The number of halogens is 1. The molecular weight excluding hydrogens is 266 g/mol. The molecule has 0 radical (unpaired) electrons. The summed E-state index contributed by atoms with van der Waals surface area (Å²) in [4.78, 5) is 10.3. The van der Waals surface area contributed by atoms with Gasteiger partial charge in [-0.2, -0.15) is 0 Å². The standard InChI is InChI=1S/C13H14ClN3O2/c1-8-6-13(17(18)19)11(14)7-12(8)15-16-9(2)4-5-10(16)3/h4-7,15H,1-3H3. The Balaban J connectivity index is 2.42. The van der Waals surface area contributed by atoms with Crippen molar-refractivity contribution in [3.63, 3.8) is 0 Å². The Morgan fingerprint density at radius 2 is 1.79 bits per heavy atom. The summed E-state index contributed by atoms with van der Waals surface area (Å²) in [5, 5.41) is 10.9. The molecule has 0 amide bonds. The van der Waals surface area contributed by atoms with Crippen molar-refractivity contribution in [2.24, 2.45) is 0 Å². The molecule has 0 saturated carbocycles. The Morgan fingerprint density at radius 3 is 2.32 bits per heavy atom. The van der Waals surface area contributed by atoms with Gasteiger partial charge in [-0.25, -0.2) is 0 Å². The molecule has 0 aliphatic rings. The normalized spacial score (nSPS) is 10.5. The Morgan fingerprint density at radius 1 is 1.21 bits per heavy atom. The monoisotopic (exact) mass is 279 g/mol. The van der Waals surface area contributed by atoms with Gasteiger partial charge in [-0.3, -0.25) is 20.2 Å². The van der Waals surface area contributed by atoms with Gasteiger partial charge in [0, 0.05) is 17.5 Å². The van der Waals surface area contributed by atoms with Crippen molar-refractivity contribution in [3.05, 3.63) is 56.4 Å². The highest BCUT2D eigenvalue weighted by Gasteiger charge is 2.15. The Kier molecular flexibility index (Phi) is 3.48. The average Bonchev–Trinajstić information content (AvgIpc) is 2.64. The summed E-state index contributed by atoms with van der Waals surface area (Å²) in [6, 6.07) is 7.03. The van der Waals surface area contributed by atoms with Crippen molar-refractivity contribution >= 4 is 23.0 Å². The SMILES string of the molecule is Cc1cc([N+](=O)[O-])c(Cl)cc1Nn1c(C)ccc1C. The third-order valence-electron chi connectivity index (χ3n) is 2.99. The highest BCUT2D eigenvalue weighted by Crippen LogP contribution is 2.30. The minimum absolute atomic E-state index is 0.0781. The lowest BCUT2D eigenvalue weighted by molar-refractivity contribution is -0.384. The summed E-state index contributed by atoms with van der Waals surface area (Å²) in [6.45, 7) is 5.75. The molecule has 2 rings (SSSR count). The molecule has 0 saturated heterocycles. The number of anilines is 1. The van der Waals surface area contributed by atoms with Crippen molar-refractivity contribution in [1.82, 2.24) is 4.68 Å². The van der Waals surface area contributed by atoms with E-state index in [9.17, 15) is 10.1 Å². The van der Waals surface area contributed by atoms with E-state index in [4.69, 9.17) is 11.6 Å². The maximum absolute atomic E-state index is 10.8. The second kappa shape index (κ2) is 4.93. The molecule has 1 heterocycles. The maximum Gasteiger partial charge on any atom is 0.288 e. The first-order valence-corrected chi connectivity index (χ1v) is 6.14. The molecule has 2 aromatic rings. The first-order valence-electron chi connectivity index (χ1n) is 5.76. The van der Waals surface area contributed by atoms with Crippen LogP contribution in [0.1, 0.15) is 17.0 Å². The van der Waals surface area contributed by atoms with E-state index in [0.29, 0.717) is 0 Å². The van der Waals surface area contributed by atoms with Crippen molar-refractivity contribution in [3.8, 4) is 0 Å². The van der Waals surface area contributed by atoms with Gasteiger partial charge in [0.1, 0.15) is 5.02 Å². The molecule has 1 aromatic heterocycles. The number of nitrogens with zero attached hydrogens (tertiary/aromatic N) is 2. The van der Waals surface area contributed by atoms with Gasteiger partial charge in [0.05, 0.1) is 10.6 Å². The van der Waals surface area contributed by atoms with E-state index < -0.39 is 4.92 Å². The molecule has 5 nitrogen and oxygen atoms in total. The van der Waals surface area contributed by atoms with Crippen molar-refractivity contribution in [2.45, 2.75) is 20.8 Å². The van der Waals surface area contributed by atoms with Crippen LogP contribution in [-0.4, -0.2) is 9.60 Å². The molecule has 1 N–H and O–H groups in total. The van der Waals surface area contributed by atoms with Crippen molar-refractivity contribution < 1.29 is 4.92 Å². The predicted octanol–water partition coefficient (Wildman–Crippen LogP) is 3.85. The van der Waals surface area contributed by atoms with Crippen LogP contribution in [0.25, 0.3) is 0 Å². The van der Waals surface area contributed by atoms with E-state index in [1.165, 1.54) is 6.07 Å². The van der Waals surface area contributed by atoms with Gasteiger partial charge in [-0.15, -0.1) is 0 Å². The molecule has 0 atom stereocenters. The minimum Gasteiger partial charge on any atom is -0.294 e. The molecule has 0 bridgehead atoms. The van der Waals surface area contributed by atoms with Gasteiger partial charge in [0.2, 0.25) is 0 Å². The highest BCUT2D eigenvalue weighted by atomic mass is 35.5. The molecule has 1 aromatic carbocycles. The Labute approximate surface area is 115 Å². The van der Waals surface area contributed by atoms with E-state index in [1.54, 1.807) is 13.0 Å². The number of benzene rings is 1. The number of aromatic nitrogens is 1. The van der Waals surface area contributed by atoms with Crippen LogP contribution in [-0.2, 0) is 0 Å². The van der Waals surface area contributed by atoms with Crippen LogP contribution in [0.3, 0.4) is 0 Å².